The van der Waals surface area contributed by atoms with E-state index in [1.807, 2.05) is 12.1 Å². The largest absolute Gasteiger partial charge is 0.372 e. The number of carbonyl (C=O) groups excluding carboxylic acids is 1. The quantitative estimate of drug-likeness (QED) is 0.321. The first kappa shape index (κ1) is 19.1. The van der Waals surface area contributed by atoms with Gasteiger partial charge in [0.15, 0.2) is 5.78 Å². The van der Waals surface area contributed by atoms with Crippen LogP contribution in [-0.2, 0) is 4.79 Å². The molecule has 4 aromatic carbocycles. The molecule has 0 bridgehead atoms. The summed E-state index contributed by atoms with van der Waals surface area (Å²) in [6.45, 7) is 4.37. The number of benzene rings is 4. The van der Waals surface area contributed by atoms with Crippen molar-refractivity contribution in [1.82, 2.24) is 0 Å². The van der Waals surface area contributed by atoms with E-state index in [1.54, 1.807) is 0 Å². The van der Waals surface area contributed by atoms with Gasteiger partial charge in [-0.3, -0.25) is 4.79 Å². The van der Waals surface area contributed by atoms with Gasteiger partial charge in [0, 0.05) is 17.7 Å². The monoisotopic (exact) mass is 418 g/mol. The van der Waals surface area contributed by atoms with Crippen LogP contribution in [0.2, 0.25) is 0 Å². The highest BCUT2D eigenvalue weighted by Gasteiger charge is 2.39. The molecule has 0 aromatic heterocycles. The van der Waals surface area contributed by atoms with Gasteiger partial charge in [0.2, 0.25) is 0 Å². The van der Waals surface area contributed by atoms with Gasteiger partial charge < -0.3 is 10.6 Å². The second-order valence-corrected chi connectivity index (χ2v) is 9.81. The van der Waals surface area contributed by atoms with E-state index in [4.69, 9.17) is 0 Å². The summed E-state index contributed by atoms with van der Waals surface area (Å²) in [6, 6.07) is 27.3. The van der Waals surface area contributed by atoms with E-state index < -0.39 is 0 Å². The number of anilines is 2. The maximum absolute atomic E-state index is 13.7. The van der Waals surface area contributed by atoms with Crippen LogP contribution < -0.4 is 10.6 Å². The minimum Gasteiger partial charge on any atom is -0.372 e. The Morgan fingerprint density at radius 1 is 0.781 bits per heavy atom. The highest BCUT2D eigenvalue weighted by Crippen LogP contribution is 2.47. The van der Waals surface area contributed by atoms with Crippen LogP contribution in [0.3, 0.4) is 0 Å². The van der Waals surface area contributed by atoms with Crippen LogP contribution in [0.15, 0.2) is 90.1 Å². The van der Waals surface area contributed by atoms with E-state index in [1.165, 1.54) is 27.1 Å². The summed E-state index contributed by atoms with van der Waals surface area (Å²) in [7, 11) is 0. The number of ketones is 1. The summed E-state index contributed by atoms with van der Waals surface area (Å²) >= 11 is 0. The van der Waals surface area contributed by atoms with Gasteiger partial charge in [-0.2, -0.15) is 0 Å². The van der Waals surface area contributed by atoms with E-state index in [2.05, 4.69) is 91.2 Å². The molecule has 2 aliphatic rings. The third-order valence-electron chi connectivity index (χ3n) is 6.82. The van der Waals surface area contributed by atoms with Gasteiger partial charge in [-0.05, 0) is 57.1 Å². The molecule has 1 aliphatic carbocycles. The minimum absolute atomic E-state index is 0.0619. The molecule has 1 heterocycles. The number of hydrogen-bond donors (Lipinski definition) is 2. The van der Waals surface area contributed by atoms with E-state index >= 15 is 0 Å². The van der Waals surface area contributed by atoms with Crippen LogP contribution in [-0.4, -0.2) is 5.78 Å². The van der Waals surface area contributed by atoms with Crippen molar-refractivity contribution in [2.75, 3.05) is 10.6 Å². The molecule has 0 saturated carbocycles. The van der Waals surface area contributed by atoms with Crippen molar-refractivity contribution in [2.45, 2.75) is 32.7 Å². The Morgan fingerprint density at radius 3 is 2.06 bits per heavy atom. The maximum Gasteiger partial charge on any atom is 0.163 e. The molecule has 0 spiro atoms. The normalized spacial score (nSPS) is 19.7. The Labute approximate surface area is 188 Å². The molecular weight excluding hydrogens is 392 g/mol. The van der Waals surface area contributed by atoms with Gasteiger partial charge in [0.05, 0.1) is 17.4 Å². The zero-order chi connectivity index (χ0) is 21.9. The number of hydrogen-bond acceptors (Lipinski definition) is 3. The third-order valence-corrected chi connectivity index (χ3v) is 6.82. The number of Topliss-reactive ketones (excluding diaryl/α,β-unsaturated/α-hetero) is 1. The smallest absolute Gasteiger partial charge is 0.163 e. The third kappa shape index (κ3) is 3.00. The second kappa shape index (κ2) is 6.96. The highest BCUT2D eigenvalue weighted by molar-refractivity contribution is 6.07. The molecule has 2 N–H and O–H groups in total. The summed E-state index contributed by atoms with van der Waals surface area (Å²) in [5, 5.41) is 12.2. The molecule has 0 radical (unpaired) electrons. The Morgan fingerprint density at radius 2 is 1.38 bits per heavy atom. The van der Waals surface area contributed by atoms with E-state index in [0.717, 1.165) is 29.1 Å². The molecule has 6 rings (SSSR count). The van der Waals surface area contributed by atoms with E-state index in [-0.39, 0.29) is 17.2 Å². The van der Waals surface area contributed by atoms with Crippen molar-refractivity contribution < 1.29 is 4.79 Å². The first-order valence-electron chi connectivity index (χ1n) is 11.3. The van der Waals surface area contributed by atoms with Gasteiger partial charge in [0.1, 0.15) is 0 Å². The molecule has 0 unspecified atom stereocenters. The zero-order valence-electron chi connectivity index (χ0n) is 18.4. The molecule has 0 saturated heterocycles. The van der Waals surface area contributed by atoms with E-state index in [9.17, 15) is 4.79 Å². The fourth-order valence-corrected chi connectivity index (χ4v) is 5.47. The standard InChI is InChI=1S/C29H26N2O/c1-29(2)16-24-27(25(32)17-29)28(31-23-14-8-7-13-22(23)30-24)26-20-11-5-3-9-18(20)15-19-10-4-6-12-21(19)26/h3-15,28,30-31H,16-17H2,1-2H3/t28-/m1/s1. The average Bonchev–Trinajstić information content (AvgIpc) is 2.93. The summed E-state index contributed by atoms with van der Waals surface area (Å²) in [5.41, 5.74) is 5.09. The average molecular weight is 419 g/mol. The van der Waals surface area contributed by atoms with Crippen molar-refractivity contribution in [2.24, 2.45) is 5.41 Å². The number of rotatable bonds is 1. The topological polar surface area (TPSA) is 41.1 Å². The van der Waals surface area contributed by atoms with Crippen molar-refractivity contribution in [3.05, 3.63) is 95.7 Å². The van der Waals surface area contributed by atoms with Crippen molar-refractivity contribution in [3.63, 3.8) is 0 Å². The molecular formula is C29H26N2O. The number of allylic oxidation sites excluding steroid dienone is 1. The first-order valence-corrected chi connectivity index (χ1v) is 11.3. The molecule has 0 amide bonds. The SMILES string of the molecule is CC1(C)CC(=O)C2=C(C1)Nc1ccccc1N[C@@H]2c1c2ccccc2cc2ccccc12. The predicted octanol–water partition coefficient (Wildman–Crippen LogP) is 7.21. The van der Waals surface area contributed by atoms with Crippen molar-refractivity contribution >= 4 is 38.7 Å². The Hall–Kier alpha value is -3.59. The molecule has 158 valence electrons. The first-order chi connectivity index (χ1) is 15.5. The minimum atomic E-state index is -0.222. The maximum atomic E-state index is 13.7. The van der Waals surface area contributed by atoms with Gasteiger partial charge >= 0.3 is 0 Å². The predicted molar refractivity (Wildman–Crippen MR) is 133 cm³/mol. The van der Waals surface area contributed by atoms with Crippen LogP contribution in [0.5, 0.6) is 0 Å². The molecule has 0 fully saturated rings. The lowest BCUT2D eigenvalue weighted by Crippen LogP contribution is -2.31. The Bertz CT molecular complexity index is 1380. The van der Waals surface area contributed by atoms with Crippen LogP contribution in [0.4, 0.5) is 11.4 Å². The number of fused-ring (bicyclic) bond motifs is 3. The highest BCUT2D eigenvalue weighted by atomic mass is 16.1. The summed E-state index contributed by atoms with van der Waals surface area (Å²) in [5.74, 6) is 0.228. The number of para-hydroxylation sites is 2. The lowest BCUT2D eigenvalue weighted by Gasteiger charge is -2.34. The molecule has 1 atom stereocenters. The molecule has 4 aromatic rings. The van der Waals surface area contributed by atoms with Crippen molar-refractivity contribution in [3.8, 4) is 0 Å². The van der Waals surface area contributed by atoms with E-state index in [0.29, 0.717) is 6.42 Å². The number of carbonyl (C=O) groups is 1. The number of nitrogens with one attached hydrogen (secondary N) is 2. The summed E-state index contributed by atoms with van der Waals surface area (Å²) < 4.78 is 0. The van der Waals surface area contributed by atoms with Crippen LogP contribution in [0, 0.1) is 5.41 Å². The van der Waals surface area contributed by atoms with Crippen LogP contribution in [0.1, 0.15) is 38.3 Å². The lowest BCUT2D eigenvalue weighted by atomic mass is 9.73. The summed E-state index contributed by atoms with van der Waals surface area (Å²) in [6.07, 6.45) is 1.41. The fourth-order valence-electron chi connectivity index (χ4n) is 5.47. The van der Waals surface area contributed by atoms with Gasteiger partial charge in [0.25, 0.3) is 0 Å². The molecule has 1 aliphatic heterocycles. The lowest BCUT2D eigenvalue weighted by molar-refractivity contribution is -0.118. The second-order valence-electron chi connectivity index (χ2n) is 9.81. The molecule has 32 heavy (non-hydrogen) atoms. The van der Waals surface area contributed by atoms with Crippen LogP contribution >= 0.6 is 0 Å². The zero-order valence-corrected chi connectivity index (χ0v) is 18.4. The molecule has 3 nitrogen and oxygen atoms in total. The molecule has 3 heteroatoms. The van der Waals surface area contributed by atoms with Gasteiger partial charge in [-0.25, -0.2) is 0 Å². The van der Waals surface area contributed by atoms with Crippen LogP contribution in [0.25, 0.3) is 21.5 Å². The Balaban J connectivity index is 1.70. The van der Waals surface area contributed by atoms with Gasteiger partial charge in [-0.1, -0.05) is 74.5 Å². The van der Waals surface area contributed by atoms with Crippen molar-refractivity contribution in [1.29, 1.82) is 0 Å². The summed E-state index contributed by atoms with van der Waals surface area (Å²) in [4.78, 5) is 13.7. The fraction of sp³-hybridized carbons (Fsp3) is 0.207. The Kier molecular flexibility index (Phi) is 4.16. The van der Waals surface area contributed by atoms with Gasteiger partial charge in [-0.15, -0.1) is 0 Å².